The van der Waals surface area contributed by atoms with E-state index < -0.39 is 0 Å². The number of anilines is 2. The van der Waals surface area contributed by atoms with E-state index in [0.717, 1.165) is 9.26 Å². The predicted molar refractivity (Wildman–Crippen MR) is 64.5 cm³/mol. The molecule has 0 atom stereocenters. The van der Waals surface area contributed by atoms with Crippen molar-refractivity contribution in [1.82, 2.24) is 9.97 Å². The van der Waals surface area contributed by atoms with E-state index in [4.69, 9.17) is 0 Å². The molecule has 0 amide bonds. The molecule has 0 fully saturated rings. The Balaban J connectivity index is 2.16. The van der Waals surface area contributed by atoms with Crippen molar-refractivity contribution in [2.75, 3.05) is 5.32 Å². The fraction of sp³-hybridized carbons (Fsp3) is 0. The number of rotatable bonds is 2. The van der Waals surface area contributed by atoms with Gasteiger partial charge in [-0.2, -0.15) is 0 Å². The number of halogens is 1. The molecule has 70 valence electrons. The van der Waals surface area contributed by atoms with Crippen molar-refractivity contribution in [1.29, 1.82) is 0 Å². The van der Waals surface area contributed by atoms with Gasteiger partial charge in [0, 0.05) is 21.7 Å². The van der Waals surface area contributed by atoms with Crippen molar-refractivity contribution in [2.45, 2.75) is 0 Å². The summed E-state index contributed by atoms with van der Waals surface area (Å²) in [5.74, 6) is 0.622. The lowest BCUT2D eigenvalue weighted by atomic mass is 10.3. The van der Waals surface area contributed by atoms with Crippen LogP contribution in [0.2, 0.25) is 0 Å². The molecule has 1 aromatic carbocycles. The second-order valence-corrected chi connectivity index (χ2v) is 3.96. The maximum absolute atomic E-state index is 4.14. The monoisotopic (exact) mass is 297 g/mol. The number of nitrogens with zero attached hydrogens (tertiary/aromatic N) is 2. The highest BCUT2D eigenvalue weighted by Gasteiger charge is 1.95. The van der Waals surface area contributed by atoms with Gasteiger partial charge < -0.3 is 5.32 Å². The topological polar surface area (TPSA) is 37.8 Å². The molecule has 0 bridgehead atoms. The fourth-order valence-electron chi connectivity index (χ4n) is 1.03. The maximum atomic E-state index is 4.14. The average molecular weight is 297 g/mol. The van der Waals surface area contributed by atoms with Gasteiger partial charge in [0.1, 0.15) is 0 Å². The number of benzene rings is 1. The zero-order valence-corrected chi connectivity index (χ0v) is 9.47. The van der Waals surface area contributed by atoms with Gasteiger partial charge in [0.25, 0.3) is 0 Å². The van der Waals surface area contributed by atoms with Crippen LogP contribution in [0, 0.1) is 3.57 Å². The average Bonchev–Trinajstić information content (AvgIpc) is 2.23. The van der Waals surface area contributed by atoms with E-state index in [1.165, 1.54) is 0 Å². The van der Waals surface area contributed by atoms with E-state index in [-0.39, 0.29) is 0 Å². The van der Waals surface area contributed by atoms with Gasteiger partial charge in [-0.25, -0.2) is 9.97 Å². The summed E-state index contributed by atoms with van der Waals surface area (Å²) in [6.45, 7) is 0. The molecule has 0 aliphatic carbocycles. The zero-order chi connectivity index (χ0) is 9.80. The first-order chi connectivity index (χ1) is 6.84. The van der Waals surface area contributed by atoms with E-state index in [9.17, 15) is 0 Å². The molecule has 0 aliphatic heterocycles. The Morgan fingerprint density at radius 2 is 1.64 bits per heavy atom. The van der Waals surface area contributed by atoms with E-state index >= 15 is 0 Å². The number of aromatic nitrogens is 2. The summed E-state index contributed by atoms with van der Waals surface area (Å²) in [5, 5.41) is 3.11. The van der Waals surface area contributed by atoms with Gasteiger partial charge in [-0.05, 0) is 34.7 Å². The second kappa shape index (κ2) is 4.36. The first kappa shape index (κ1) is 9.39. The molecule has 1 aromatic heterocycles. The molecule has 4 heteroatoms. The molecular weight excluding hydrogens is 289 g/mol. The number of nitrogens with one attached hydrogen (secondary N) is 1. The highest BCUT2D eigenvalue weighted by atomic mass is 127. The van der Waals surface area contributed by atoms with Crippen molar-refractivity contribution in [2.24, 2.45) is 0 Å². The summed E-state index contributed by atoms with van der Waals surface area (Å²) in [4.78, 5) is 8.29. The maximum Gasteiger partial charge on any atom is 0.227 e. The van der Waals surface area contributed by atoms with Crippen molar-refractivity contribution in [3.05, 3.63) is 46.3 Å². The van der Waals surface area contributed by atoms with Crippen LogP contribution in [-0.4, -0.2) is 9.97 Å². The van der Waals surface area contributed by atoms with Crippen LogP contribution in [0.1, 0.15) is 0 Å². The third-order valence-electron chi connectivity index (χ3n) is 1.65. The van der Waals surface area contributed by atoms with E-state index in [1.54, 1.807) is 12.4 Å². The Hall–Kier alpha value is -1.17. The van der Waals surface area contributed by atoms with Gasteiger partial charge in [-0.15, -0.1) is 0 Å². The second-order valence-electron chi connectivity index (χ2n) is 2.72. The minimum atomic E-state index is 0.622. The largest absolute Gasteiger partial charge is 0.324 e. The Bertz CT molecular complexity index is 399. The zero-order valence-electron chi connectivity index (χ0n) is 7.31. The standard InChI is InChI=1S/C10H8IN3/c11-8-6-12-10(13-7-8)14-9-4-2-1-3-5-9/h1-7H,(H,12,13,14). The highest BCUT2D eigenvalue weighted by molar-refractivity contribution is 14.1. The molecule has 0 aliphatic rings. The van der Waals surface area contributed by atoms with Crippen LogP contribution in [0.5, 0.6) is 0 Å². The molecule has 0 spiro atoms. The van der Waals surface area contributed by atoms with Crippen LogP contribution in [0.4, 0.5) is 11.6 Å². The molecular formula is C10H8IN3. The van der Waals surface area contributed by atoms with Crippen LogP contribution < -0.4 is 5.32 Å². The molecule has 0 saturated carbocycles. The normalized spacial score (nSPS) is 9.79. The summed E-state index contributed by atoms with van der Waals surface area (Å²) in [6, 6.07) is 9.85. The first-order valence-corrected chi connectivity index (χ1v) is 5.22. The van der Waals surface area contributed by atoms with E-state index in [1.807, 2.05) is 30.3 Å². The summed E-state index contributed by atoms with van der Waals surface area (Å²) in [5.41, 5.74) is 0.994. The van der Waals surface area contributed by atoms with Crippen molar-refractivity contribution < 1.29 is 0 Å². The van der Waals surface area contributed by atoms with Crippen LogP contribution in [0.25, 0.3) is 0 Å². The number of para-hydroxylation sites is 1. The third-order valence-corrected chi connectivity index (χ3v) is 2.21. The molecule has 0 saturated heterocycles. The summed E-state index contributed by atoms with van der Waals surface area (Å²) in [6.07, 6.45) is 3.55. The Morgan fingerprint density at radius 1 is 1.00 bits per heavy atom. The number of hydrogen-bond donors (Lipinski definition) is 1. The lowest BCUT2D eigenvalue weighted by Crippen LogP contribution is -1.96. The Labute approximate surface area is 95.7 Å². The lowest BCUT2D eigenvalue weighted by Gasteiger charge is -2.02. The summed E-state index contributed by atoms with van der Waals surface area (Å²) < 4.78 is 1.03. The van der Waals surface area contributed by atoms with Crippen LogP contribution >= 0.6 is 22.6 Å². The Morgan fingerprint density at radius 3 is 2.29 bits per heavy atom. The molecule has 3 nitrogen and oxygen atoms in total. The molecule has 2 rings (SSSR count). The molecule has 1 heterocycles. The van der Waals surface area contributed by atoms with Crippen molar-refractivity contribution >= 4 is 34.2 Å². The smallest absolute Gasteiger partial charge is 0.227 e. The van der Waals surface area contributed by atoms with Gasteiger partial charge in [0.2, 0.25) is 5.95 Å². The summed E-state index contributed by atoms with van der Waals surface area (Å²) in [7, 11) is 0. The predicted octanol–water partition coefficient (Wildman–Crippen LogP) is 2.82. The fourth-order valence-corrected chi connectivity index (χ4v) is 1.31. The first-order valence-electron chi connectivity index (χ1n) is 4.14. The van der Waals surface area contributed by atoms with Crippen LogP contribution in [0.15, 0.2) is 42.7 Å². The van der Waals surface area contributed by atoms with Crippen molar-refractivity contribution in [3.63, 3.8) is 0 Å². The van der Waals surface area contributed by atoms with Crippen LogP contribution in [-0.2, 0) is 0 Å². The molecule has 1 N–H and O–H groups in total. The van der Waals surface area contributed by atoms with Gasteiger partial charge in [-0.1, -0.05) is 18.2 Å². The highest BCUT2D eigenvalue weighted by Crippen LogP contribution is 2.11. The Kier molecular flexibility index (Phi) is 2.93. The van der Waals surface area contributed by atoms with Gasteiger partial charge in [0.15, 0.2) is 0 Å². The van der Waals surface area contributed by atoms with E-state index in [2.05, 4.69) is 37.9 Å². The molecule has 0 radical (unpaired) electrons. The minimum Gasteiger partial charge on any atom is -0.324 e. The minimum absolute atomic E-state index is 0.622. The third kappa shape index (κ3) is 2.41. The molecule has 14 heavy (non-hydrogen) atoms. The molecule has 2 aromatic rings. The SMILES string of the molecule is Ic1cnc(Nc2ccccc2)nc1. The number of hydrogen-bond acceptors (Lipinski definition) is 3. The lowest BCUT2D eigenvalue weighted by molar-refractivity contribution is 1.15. The van der Waals surface area contributed by atoms with Crippen LogP contribution in [0.3, 0.4) is 0 Å². The van der Waals surface area contributed by atoms with Gasteiger partial charge in [-0.3, -0.25) is 0 Å². The van der Waals surface area contributed by atoms with Crippen molar-refractivity contribution in [3.8, 4) is 0 Å². The molecule has 0 unspecified atom stereocenters. The summed E-state index contributed by atoms with van der Waals surface area (Å²) >= 11 is 2.17. The van der Waals surface area contributed by atoms with Gasteiger partial charge >= 0.3 is 0 Å². The quantitative estimate of drug-likeness (QED) is 0.866. The van der Waals surface area contributed by atoms with E-state index in [0.29, 0.717) is 5.95 Å². The van der Waals surface area contributed by atoms with Gasteiger partial charge in [0.05, 0.1) is 0 Å².